The molecule has 0 aliphatic rings. The van der Waals surface area contributed by atoms with Crippen LogP contribution in [-0.2, 0) is 0 Å². The van der Waals surface area contributed by atoms with Crippen molar-refractivity contribution in [2.75, 3.05) is 7.05 Å². The van der Waals surface area contributed by atoms with E-state index >= 15 is 0 Å². The highest BCUT2D eigenvalue weighted by molar-refractivity contribution is 5.85. The molecule has 3 nitrogen and oxygen atoms in total. The third-order valence-electron chi connectivity index (χ3n) is 0. The van der Waals surface area contributed by atoms with Crippen LogP contribution in [0.3, 0.4) is 0 Å². The predicted octanol–water partition coefficient (Wildman–Crippen LogP) is -0.451. The van der Waals surface area contributed by atoms with E-state index in [1.807, 2.05) is 0 Å². The van der Waals surface area contributed by atoms with Gasteiger partial charge in [-0.05, 0) is 7.05 Å². The summed E-state index contributed by atoms with van der Waals surface area (Å²) >= 11 is 0. The van der Waals surface area contributed by atoms with Gasteiger partial charge in [0.2, 0.25) is 0 Å². The van der Waals surface area contributed by atoms with Gasteiger partial charge in [0.15, 0.2) is 0 Å². The standard InChI is InChI=1S/CH4N2.CH5N.ClH/c2-1-3;1-2;/h1H,(H3,2,3);2H2,1H3;1H. The molecule has 0 aliphatic heterocycles. The van der Waals surface area contributed by atoms with Crippen LogP contribution in [0.1, 0.15) is 0 Å². The molecule has 0 spiro atoms. The summed E-state index contributed by atoms with van der Waals surface area (Å²) in [5, 5.41) is 5.86. The van der Waals surface area contributed by atoms with Gasteiger partial charge in [-0.25, -0.2) is 0 Å². The van der Waals surface area contributed by atoms with Crippen LogP contribution in [0.5, 0.6) is 0 Å². The third kappa shape index (κ3) is 351. The first-order valence-electron chi connectivity index (χ1n) is 1.20. The van der Waals surface area contributed by atoms with Crippen molar-refractivity contribution in [2.24, 2.45) is 11.5 Å². The largest absolute Gasteiger partial charge is 0.390 e. The van der Waals surface area contributed by atoms with Crippen molar-refractivity contribution in [1.82, 2.24) is 0 Å². The fraction of sp³-hybridized carbons (Fsp3) is 0.500. The second-order valence-electron chi connectivity index (χ2n) is 0.167. The van der Waals surface area contributed by atoms with E-state index in [-0.39, 0.29) is 12.4 Å². The first-order chi connectivity index (χ1) is 2.41. The van der Waals surface area contributed by atoms with E-state index in [9.17, 15) is 0 Å². The molecular formula is C2H10ClN3. The lowest BCUT2D eigenvalue weighted by atomic mass is 11.4. The Labute approximate surface area is 43.6 Å². The van der Waals surface area contributed by atoms with Crippen LogP contribution in [0, 0.1) is 5.41 Å². The van der Waals surface area contributed by atoms with Gasteiger partial charge in [0.05, 0.1) is 6.34 Å². The summed E-state index contributed by atoms with van der Waals surface area (Å²) in [5.74, 6) is 0. The molecule has 0 aromatic rings. The maximum absolute atomic E-state index is 5.86. The first kappa shape index (κ1) is 17.2. The van der Waals surface area contributed by atoms with Crippen LogP contribution in [0.2, 0.25) is 0 Å². The number of nitrogens with one attached hydrogen (secondary N) is 1. The van der Waals surface area contributed by atoms with Gasteiger partial charge < -0.3 is 11.5 Å². The molecule has 0 radical (unpaired) electrons. The van der Waals surface area contributed by atoms with Gasteiger partial charge in [0, 0.05) is 0 Å². The monoisotopic (exact) mass is 111 g/mol. The summed E-state index contributed by atoms with van der Waals surface area (Å²) in [6.45, 7) is 0. The Bertz CT molecular complexity index is 16.3. The van der Waals surface area contributed by atoms with Crippen LogP contribution in [-0.4, -0.2) is 13.4 Å². The minimum atomic E-state index is 0. The molecule has 0 aliphatic carbocycles. The summed E-state index contributed by atoms with van der Waals surface area (Å²) in [4.78, 5) is 0. The minimum absolute atomic E-state index is 0. The maximum atomic E-state index is 5.86. The lowest BCUT2D eigenvalue weighted by molar-refractivity contribution is 1.48. The highest BCUT2D eigenvalue weighted by Gasteiger charge is 1.10. The van der Waals surface area contributed by atoms with Gasteiger partial charge in [0.1, 0.15) is 0 Å². The Morgan fingerprint density at radius 3 is 1.50 bits per heavy atom. The zero-order chi connectivity index (χ0) is 4.71. The molecule has 0 heterocycles. The van der Waals surface area contributed by atoms with Gasteiger partial charge in [-0.15, -0.1) is 12.4 Å². The van der Waals surface area contributed by atoms with E-state index in [0.29, 0.717) is 0 Å². The molecule has 40 valence electrons. The molecular weight excluding hydrogens is 101 g/mol. The average molecular weight is 112 g/mol. The summed E-state index contributed by atoms with van der Waals surface area (Å²) in [6, 6.07) is 0. The van der Waals surface area contributed by atoms with E-state index in [4.69, 9.17) is 5.41 Å². The second kappa shape index (κ2) is 126. The van der Waals surface area contributed by atoms with Crippen molar-refractivity contribution in [3.63, 3.8) is 0 Å². The molecule has 6 heavy (non-hydrogen) atoms. The van der Waals surface area contributed by atoms with Crippen molar-refractivity contribution in [3.05, 3.63) is 0 Å². The zero-order valence-corrected chi connectivity index (χ0v) is 4.46. The number of nitrogens with two attached hydrogens (primary N) is 2. The molecule has 0 amide bonds. The Morgan fingerprint density at radius 2 is 1.50 bits per heavy atom. The molecule has 0 bridgehead atoms. The summed E-state index contributed by atoms with van der Waals surface area (Å²) < 4.78 is 0. The highest BCUT2D eigenvalue weighted by Crippen LogP contribution is 0.879. The van der Waals surface area contributed by atoms with E-state index in [0.717, 1.165) is 6.34 Å². The lowest BCUT2D eigenvalue weighted by Gasteiger charge is -1.38. The average Bonchev–Trinajstić information content (AvgIpc) is 1.46. The highest BCUT2D eigenvalue weighted by atomic mass is 35.5. The molecule has 0 saturated heterocycles. The zero-order valence-electron chi connectivity index (χ0n) is 3.64. The molecule has 0 aromatic heterocycles. The quantitative estimate of drug-likeness (QED) is 0.293. The van der Waals surface area contributed by atoms with E-state index < -0.39 is 0 Å². The smallest absolute Gasteiger partial charge is 0.0765 e. The number of hydrogen-bond donors (Lipinski definition) is 3. The Morgan fingerprint density at radius 1 is 1.50 bits per heavy atom. The third-order valence-corrected chi connectivity index (χ3v) is 0. The van der Waals surface area contributed by atoms with Crippen LogP contribution < -0.4 is 11.5 Å². The number of hydrogen-bond acceptors (Lipinski definition) is 2. The van der Waals surface area contributed by atoms with Crippen molar-refractivity contribution < 1.29 is 0 Å². The van der Waals surface area contributed by atoms with Crippen molar-refractivity contribution in [2.45, 2.75) is 0 Å². The van der Waals surface area contributed by atoms with Crippen LogP contribution in [0.4, 0.5) is 0 Å². The molecule has 0 rings (SSSR count). The fourth-order valence-electron chi connectivity index (χ4n) is 0. The number of halogens is 1. The Hall–Kier alpha value is -0.280. The molecule has 0 unspecified atom stereocenters. The topological polar surface area (TPSA) is 75.9 Å². The molecule has 0 aromatic carbocycles. The summed E-state index contributed by atoms with van der Waals surface area (Å²) in [6.07, 6.45) is 0.750. The normalized spacial score (nSPS) is 3.00. The van der Waals surface area contributed by atoms with Gasteiger partial charge >= 0.3 is 0 Å². The van der Waals surface area contributed by atoms with Gasteiger partial charge in [-0.3, -0.25) is 5.41 Å². The van der Waals surface area contributed by atoms with Gasteiger partial charge in [0.25, 0.3) is 0 Å². The van der Waals surface area contributed by atoms with Gasteiger partial charge in [-0.1, -0.05) is 0 Å². The van der Waals surface area contributed by atoms with E-state index in [1.54, 1.807) is 0 Å². The Balaban J connectivity index is -0.0000000275. The fourth-order valence-corrected chi connectivity index (χ4v) is 0. The first-order valence-corrected chi connectivity index (χ1v) is 1.20. The predicted molar refractivity (Wildman–Crippen MR) is 30.3 cm³/mol. The second-order valence-corrected chi connectivity index (χ2v) is 0.167. The van der Waals surface area contributed by atoms with Crippen LogP contribution in [0.15, 0.2) is 0 Å². The SMILES string of the molecule is CN.Cl.N=CN. The van der Waals surface area contributed by atoms with Gasteiger partial charge in [-0.2, -0.15) is 0 Å². The van der Waals surface area contributed by atoms with Crippen molar-refractivity contribution >= 4 is 18.7 Å². The number of rotatable bonds is 0. The minimum Gasteiger partial charge on any atom is -0.390 e. The van der Waals surface area contributed by atoms with E-state index in [2.05, 4.69) is 11.5 Å². The van der Waals surface area contributed by atoms with Crippen LogP contribution in [0.25, 0.3) is 0 Å². The van der Waals surface area contributed by atoms with Crippen molar-refractivity contribution in [1.29, 1.82) is 5.41 Å². The Kier molecular flexibility index (Phi) is 362. The molecule has 5 N–H and O–H groups in total. The summed E-state index contributed by atoms with van der Waals surface area (Å²) in [7, 11) is 1.50. The van der Waals surface area contributed by atoms with E-state index in [1.165, 1.54) is 7.05 Å². The van der Waals surface area contributed by atoms with Crippen LogP contribution >= 0.6 is 12.4 Å². The molecule has 0 fully saturated rings. The van der Waals surface area contributed by atoms with Crippen molar-refractivity contribution in [3.8, 4) is 0 Å². The summed E-state index contributed by atoms with van der Waals surface area (Å²) in [5.41, 5.74) is 8.89. The maximum Gasteiger partial charge on any atom is 0.0765 e. The molecule has 0 atom stereocenters. The molecule has 4 heteroatoms. The lowest BCUT2D eigenvalue weighted by Crippen LogP contribution is -1.81. The molecule has 0 saturated carbocycles.